The van der Waals surface area contributed by atoms with E-state index in [-0.39, 0.29) is 33.1 Å². The van der Waals surface area contributed by atoms with Crippen LogP contribution in [-0.2, 0) is 36.1 Å². The maximum Gasteiger partial charge on any atom is 0.307 e. The first-order chi connectivity index (χ1) is 15.8. The second-order valence-corrected chi connectivity index (χ2v) is 12.0. The molecule has 0 radical (unpaired) electrons. The number of benzene rings is 2. The fraction of sp³-hybridized carbons (Fsp3) is 0.250. The summed E-state index contributed by atoms with van der Waals surface area (Å²) in [7, 11) is -3.53. The number of methoxy groups -OCH3 is 1. The van der Waals surface area contributed by atoms with Gasteiger partial charge in [-0.1, -0.05) is 11.3 Å². The Hall–Kier alpha value is -2.91. The van der Waals surface area contributed by atoms with Crippen molar-refractivity contribution in [1.29, 1.82) is 0 Å². The molecule has 2 aromatic carbocycles. The third-order valence-electron chi connectivity index (χ3n) is 4.83. The van der Waals surface area contributed by atoms with Crippen LogP contribution in [0.25, 0.3) is 10.2 Å². The van der Waals surface area contributed by atoms with Gasteiger partial charge >= 0.3 is 5.97 Å². The highest BCUT2D eigenvalue weighted by atomic mass is 32.2. The first-order valence-electron chi connectivity index (χ1n) is 9.69. The standard InChI is InChI=1S/C20H22N4O7S3/c1-23(2)34(29,30)14-6-4-13(5-7-14)19(26)22-20-24(11-10-18(25)31-3)16-9-8-15(33(21,27)28)12-17(16)32-20/h4-9,12H,10-11H2,1-3H3,(H2,21,27,28). The van der Waals surface area contributed by atoms with Crippen LogP contribution in [0, 0.1) is 0 Å². The van der Waals surface area contributed by atoms with Crippen molar-refractivity contribution < 1.29 is 31.2 Å². The SMILES string of the molecule is COC(=O)CCn1c(=NC(=O)c2ccc(S(=O)(=O)N(C)C)cc2)sc2cc(S(N)(=O)=O)ccc21. The fourth-order valence-corrected chi connectivity index (χ4v) is 5.58. The van der Waals surface area contributed by atoms with Crippen molar-refractivity contribution in [2.24, 2.45) is 10.1 Å². The summed E-state index contributed by atoms with van der Waals surface area (Å²) in [6, 6.07) is 9.55. The molecule has 0 fully saturated rings. The van der Waals surface area contributed by atoms with Crippen LogP contribution in [0.2, 0.25) is 0 Å². The molecule has 0 saturated carbocycles. The molecule has 11 nitrogen and oxygen atoms in total. The lowest BCUT2D eigenvalue weighted by Gasteiger charge is -2.11. The molecule has 1 heterocycles. The molecule has 0 spiro atoms. The van der Waals surface area contributed by atoms with Crippen molar-refractivity contribution in [1.82, 2.24) is 8.87 Å². The van der Waals surface area contributed by atoms with Crippen molar-refractivity contribution in [3.63, 3.8) is 0 Å². The fourth-order valence-electron chi connectivity index (χ4n) is 2.97. The summed E-state index contributed by atoms with van der Waals surface area (Å²) < 4.78 is 55.7. The molecule has 3 aromatic rings. The maximum atomic E-state index is 12.8. The van der Waals surface area contributed by atoms with E-state index in [2.05, 4.69) is 9.73 Å². The van der Waals surface area contributed by atoms with Crippen LogP contribution >= 0.6 is 11.3 Å². The molecule has 1 amide bonds. The highest BCUT2D eigenvalue weighted by Crippen LogP contribution is 2.22. The van der Waals surface area contributed by atoms with Crippen LogP contribution in [0.5, 0.6) is 0 Å². The number of hydrogen-bond acceptors (Lipinski definition) is 8. The van der Waals surface area contributed by atoms with Gasteiger partial charge in [-0.25, -0.2) is 26.3 Å². The minimum absolute atomic E-state index is 0.00224. The molecule has 0 aliphatic carbocycles. The summed E-state index contributed by atoms with van der Waals surface area (Å²) >= 11 is 1.05. The van der Waals surface area contributed by atoms with Crippen LogP contribution in [0.3, 0.4) is 0 Å². The third kappa shape index (κ3) is 5.42. The number of aryl methyl sites for hydroxylation is 1. The predicted octanol–water partition coefficient (Wildman–Crippen LogP) is 0.905. The predicted molar refractivity (Wildman–Crippen MR) is 125 cm³/mol. The molecule has 0 atom stereocenters. The minimum Gasteiger partial charge on any atom is -0.469 e. The Labute approximate surface area is 200 Å². The van der Waals surface area contributed by atoms with Gasteiger partial charge in [-0.15, -0.1) is 0 Å². The van der Waals surface area contributed by atoms with Gasteiger partial charge in [0.25, 0.3) is 5.91 Å². The van der Waals surface area contributed by atoms with Gasteiger partial charge in [-0.2, -0.15) is 4.99 Å². The third-order valence-corrected chi connectivity index (χ3v) is 8.61. The van der Waals surface area contributed by atoms with Crippen LogP contribution in [0.1, 0.15) is 16.8 Å². The van der Waals surface area contributed by atoms with Gasteiger partial charge in [0.1, 0.15) is 0 Å². The molecule has 0 saturated heterocycles. The van der Waals surface area contributed by atoms with E-state index in [1.807, 2.05) is 0 Å². The van der Waals surface area contributed by atoms with Crippen LogP contribution < -0.4 is 9.94 Å². The normalized spacial score (nSPS) is 12.9. The lowest BCUT2D eigenvalue weighted by Crippen LogP contribution is -2.22. The zero-order valence-corrected chi connectivity index (χ0v) is 20.9. The number of aromatic nitrogens is 1. The Morgan fingerprint density at radius 3 is 2.24 bits per heavy atom. The molecule has 3 rings (SSSR count). The van der Waals surface area contributed by atoms with Gasteiger partial charge in [0.05, 0.1) is 33.5 Å². The molecule has 0 bridgehead atoms. The van der Waals surface area contributed by atoms with E-state index >= 15 is 0 Å². The Kier molecular flexibility index (Phi) is 7.38. The first-order valence-corrected chi connectivity index (χ1v) is 13.5. The molecule has 14 heteroatoms. The Morgan fingerprint density at radius 1 is 1.06 bits per heavy atom. The zero-order valence-electron chi connectivity index (χ0n) is 18.5. The number of primary sulfonamides is 1. The summed E-state index contributed by atoms with van der Waals surface area (Å²) in [6.45, 7) is 0.132. The molecule has 0 unspecified atom stereocenters. The van der Waals surface area contributed by atoms with Gasteiger partial charge in [0, 0.05) is 26.2 Å². The molecule has 34 heavy (non-hydrogen) atoms. The average Bonchev–Trinajstić information content (AvgIpc) is 3.12. The lowest BCUT2D eigenvalue weighted by atomic mass is 10.2. The number of fused-ring (bicyclic) bond motifs is 1. The number of ether oxygens (including phenoxy) is 1. The summed E-state index contributed by atoms with van der Waals surface area (Å²) in [5, 5.41) is 5.21. The van der Waals surface area contributed by atoms with E-state index in [1.165, 1.54) is 63.7 Å². The lowest BCUT2D eigenvalue weighted by molar-refractivity contribution is -0.140. The first kappa shape index (κ1) is 25.7. The van der Waals surface area contributed by atoms with Crippen molar-refractivity contribution in [2.75, 3.05) is 21.2 Å². The average molecular weight is 527 g/mol. The summed E-state index contributed by atoms with van der Waals surface area (Å²) in [5.74, 6) is -1.11. The van der Waals surface area contributed by atoms with E-state index < -0.39 is 31.9 Å². The topological polar surface area (TPSA) is 158 Å². The molecule has 1 aromatic heterocycles. The largest absolute Gasteiger partial charge is 0.469 e. The molecule has 2 N–H and O–H groups in total. The number of thiazole rings is 1. The number of carbonyl (C=O) groups is 2. The van der Waals surface area contributed by atoms with E-state index in [0.717, 1.165) is 15.6 Å². The quantitative estimate of drug-likeness (QED) is 0.448. The number of rotatable bonds is 7. The van der Waals surface area contributed by atoms with Crippen molar-refractivity contribution in [2.45, 2.75) is 22.8 Å². The van der Waals surface area contributed by atoms with Crippen molar-refractivity contribution in [3.05, 3.63) is 52.8 Å². The Morgan fingerprint density at radius 2 is 1.68 bits per heavy atom. The Bertz CT molecular complexity index is 1530. The number of amides is 1. The summed E-state index contributed by atoms with van der Waals surface area (Å²) in [5.41, 5.74) is 0.709. The number of sulfonamides is 2. The van der Waals surface area contributed by atoms with Crippen LogP contribution in [0.15, 0.2) is 57.2 Å². The van der Waals surface area contributed by atoms with Gasteiger partial charge in [0.2, 0.25) is 20.0 Å². The van der Waals surface area contributed by atoms with E-state index in [0.29, 0.717) is 10.2 Å². The summed E-state index contributed by atoms with van der Waals surface area (Å²) in [6.07, 6.45) is -0.00224. The van der Waals surface area contributed by atoms with Crippen molar-refractivity contribution in [3.8, 4) is 0 Å². The van der Waals surface area contributed by atoms with Gasteiger partial charge < -0.3 is 9.30 Å². The number of hydrogen-bond donors (Lipinski definition) is 1. The highest BCUT2D eigenvalue weighted by Gasteiger charge is 2.18. The highest BCUT2D eigenvalue weighted by molar-refractivity contribution is 7.89. The number of nitrogens with two attached hydrogens (primary N) is 1. The van der Waals surface area contributed by atoms with E-state index in [1.54, 1.807) is 4.57 Å². The second-order valence-electron chi connectivity index (χ2n) is 7.27. The second kappa shape index (κ2) is 9.76. The smallest absolute Gasteiger partial charge is 0.307 e. The van der Waals surface area contributed by atoms with Gasteiger partial charge in [-0.3, -0.25) is 9.59 Å². The number of esters is 1. The van der Waals surface area contributed by atoms with E-state index in [9.17, 15) is 26.4 Å². The zero-order chi connectivity index (χ0) is 25.3. The molecule has 0 aliphatic rings. The van der Waals surface area contributed by atoms with Crippen molar-refractivity contribution >= 4 is 53.5 Å². The number of nitrogens with zero attached hydrogens (tertiary/aromatic N) is 3. The molecular formula is C20H22N4O7S3. The number of carbonyl (C=O) groups excluding carboxylic acids is 2. The molecule has 182 valence electrons. The monoisotopic (exact) mass is 526 g/mol. The summed E-state index contributed by atoms with van der Waals surface area (Å²) in [4.78, 5) is 28.8. The van der Waals surface area contributed by atoms with Gasteiger partial charge in [-0.05, 0) is 42.5 Å². The maximum absolute atomic E-state index is 12.8. The molecular weight excluding hydrogens is 504 g/mol. The minimum atomic E-state index is -3.94. The van der Waals surface area contributed by atoms with E-state index in [4.69, 9.17) is 5.14 Å². The molecule has 0 aliphatic heterocycles. The van der Waals surface area contributed by atoms with Crippen LogP contribution in [-0.4, -0.2) is 58.8 Å². The van der Waals surface area contributed by atoms with Crippen LogP contribution in [0.4, 0.5) is 0 Å². The van der Waals surface area contributed by atoms with Gasteiger partial charge in [0.15, 0.2) is 4.80 Å². The Balaban J connectivity index is 2.08.